The fraction of sp³-hybridized carbons (Fsp3) is 0.231. The summed E-state index contributed by atoms with van der Waals surface area (Å²) in [4.78, 5) is 0. The predicted molar refractivity (Wildman–Crippen MR) is 59.1 cm³/mol. The number of aryl methyl sites for hydroxylation is 2. The first-order valence-electron chi connectivity index (χ1n) is 5.14. The third-order valence-electron chi connectivity index (χ3n) is 2.63. The zero-order valence-electron chi connectivity index (χ0n) is 9.47. The Hall–Kier alpha value is -1.71. The van der Waals surface area contributed by atoms with Gasteiger partial charge < -0.3 is 4.57 Å². The first kappa shape index (κ1) is 11.8. The van der Waals surface area contributed by atoms with Crippen LogP contribution >= 0.6 is 0 Å². The molecule has 0 amide bonds. The molecule has 0 bridgehead atoms. The lowest BCUT2D eigenvalue weighted by Gasteiger charge is -2.11. The number of halogens is 3. The molecule has 2 rings (SSSR count). The first-order chi connectivity index (χ1) is 7.89. The van der Waals surface area contributed by atoms with Crippen LogP contribution in [0.3, 0.4) is 0 Å². The van der Waals surface area contributed by atoms with Crippen molar-refractivity contribution in [2.75, 3.05) is 0 Å². The Bertz CT molecular complexity index is 501. The van der Waals surface area contributed by atoms with Gasteiger partial charge in [0.05, 0.1) is 5.56 Å². The van der Waals surface area contributed by atoms with E-state index in [2.05, 4.69) is 6.07 Å². The molecule has 1 aromatic heterocycles. The molecular formula is C13H11F3N. The maximum absolute atomic E-state index is 12.4. The number of nitrogens with zero attached hydrogens (tertiary/aromatic N) is 1. The average molecular weight is 238 g/mol. The lowest BCUT2D eigenvalue weighted by Crippen LogP contribution is -2.05. The predicted octanol–water partition coefficient (Wildman–Crippen LogP) is 3.91. The maximum Gasteiger partial charge on any atom is 0.416 e. The van der Waals surface area contributed by atoms with Crippen LogP contribution < -0.4 is 0 Å². The topological polar surface area (TPSA) is 4.93 Å². The fourth-order valence-electron chi connectivity index (χ4n) is 1.80. The lowest BCUT2D eigenvalue weighted by molar-refractivity contribution is -0.137. The third-order valence-corrected chi connectivity index (χ3v) is 2.63. The smallest absolute Gasteiger partial charge is 0.318 e. The van der Waals surface area contributed by atoms with Gasteiger partial charge in [-0.15, -0.1) is 0 Å². The summed E-state index contributed by atoms with van der Waals surface area (Å²) in [5, 5.41) is 0. The van der Waals surface area contributed by atoms with Gasteiger partial charge in [0, 0.05) is 23.1 Å². The van der Waals surface area contributed by atoms with Gasteiger partial charge in [0.2, 0.25) is 0 Å². The molecule has 0 aliphatic carbocycles. The SMILES string of the molecule is Cc1[c]cc(C)n1-c1ccc(C(F)(F)F)cc1. The Balaban J connectivity index is 2.43. The van der Waals surface area contributed by atoms with E-state index in [0.29, 0.717) is 5.69 Å². The number of aromatic nitrogens is 1. The molecule has 0 fully saturated rings. The molecule has 1 aromatic carbocycles. The number of hydrogen-bond donors (Lipinski definition) is 0. The van der Waals surface area contributed by atoms with Crippen molar-refractivity contribution in [3.63, 3.8) is 0 Å². The van der Waals surface area contributed by atoms with Crippen LogP contribution in [0.4, 0.5) is 13.2 Å². The average Bonchev–Trinajstić information content (AvgIpc) is 2.58. The molecule has 0 aliphatic heterocycles. The van der Waals surface area contributed by atoms with Crippen LogP contribution in [-0.4, -0.2) is 4.57 Å². The van der Waals surface area contributed by atoms with Gasteiger partial charge in [0.1, 0.15) is 0 Å². The van der Waals surface area contributed by atoms with Gasteiger partial charge in [-0.1, -0.05) is 0 Å². The summed E-state index contributed by atoms with van der Waals surface area (Å²) in [5.74, 6) is 0. The lowest BCUT2D eigenvalue weighted by atomic mass is 10.2. The third kappa shape index (κ3) is 2.20. The van der Waals surface area contributed by atoms with Crippen molar-refractivity contribution in [2.45, 2.75) is 20.0 Å². The summed E-state index contributed by atoms with van der Waals surface area (Å²) in [6.45, 7) is 3.76. The minimum Gasteiger partial charge on any atom is -0.318 e. The molecule has 0 atom stereocenters. The summed E-state index contributed by atoms with van der Waals surface area (Å²) >= 11 is 0. The number of rotatable bonds is 1. The van der Waals surface area contributed by atoms with Crippen molar-refractivity contribution in [3.05, 3.63) is 53.3 Å². The van der Waals surface area contributed by atoms with Gasteiger partial charge in [0.15, 0.2) is 0 Å². The van der Waals surface area contributed by atoms with Crippen LogP contribution in [-0.2, 0) is 6.18 Å². The second kappa shape index (κ2) is 3.95. The molecule has 1 nitrogen and oxygen atoms in total. The zero-order valence-corrected chi connectivity index (χ0v) is 9.47. The van der Waals surface area contributed by atoms with E-state index in [-0.39, 0.29) is 0 Å². The Morgan fingerprint density at radius 3 is 2.06 bits per heavy atom. The van der Waals surface area contributed by atoms with Crippen LogP contribution in [0.2, 0.25) is 0 Å². The highest BCUT2D eigenvalue weighted by Crippen LogP contribution is 2.30. The fourth-order valence-corrected chi connectivity index (χ4v) is 1.80. The normalized spacial score (nSPS) is 11.8. The van der Waals surface area contributed by atoms with Crippen molar-refractivity contribution >= 4 is 0 Å². The minimum absolute atomic E-state index is 0.632. The van der Waals surface area contributed by atoms with Gasteiger partial charge in [-0.05, 0) is 44.2 Å². The van der Waals surface area contributed by atoms with Crippen LogP contribution in [0, 0.1) is 19.9 Å². The second-order valence-electron chi connectivity index (χ2n) is 3.90. The molecule has 0 saturated heterocycles. The van der Waals surface area contributed by atoms with Crippen LogP contribution in [0.15, 0.2) is 30.3 Å². The summed E-state index contributed by atoms with van der Waals surface area (Å²) in [7, 11) is 0. The van der Waals surface area contributed by atoms with E-state index < -0.39 is 11.7 Å². The Kier molecular flexibility index (Phi) is 2.73. The van der Waals surface area contributed by atoms with E-state index in [1.54, 1.807) is 0 Å². The number of hydrogen-bond acceptors (Lipinski definition) is 0. The Morgan fingerprint density at radius 2 is 1.65 bits per heavy atom. The highest BCUT2D eigenvalue weighted by Gasteiger charge is 2.30. The van der Waals surface area contributed by atoms with E-state index in [1.165, 1.54) is 12.1 Å². The Morgan fingerprint density at radius 1 is 1.06 bits per heavy atom. The largest absolute Gasteiger partial charge is 0.416 e. The molecule has 1 radical (unpaired) electrons. The molecular weight excluding hydrogens is 227 g/mol. The number of alkyl halides is 3. The zero-order chi connectivity index (χ0) is 12.6. The van der Waals surface area contributed by atoms with Crippen molar-refractivity contribution in [3.8, 4) is 5.69 Å². The first-order valence-corrected chi connectivity index (χ1v) is 5.14. The van der Waals surface area contributed by atoms with Crippen molar-refractivity contribution in [2.24, 2.45) is 0 Å². The van der Waals surface area contributed by atoms with Gasteiger partial charge in [-0.25, -0.2) is 0 Å². The molecule has 89 valence electrons. The van der Waals surface area contributed by atoms with E-state index in [9.17, 15) is 13.2 Å². The van der Waals surface area contributed by atoms with Gasteiger partial charge in [-0.2, -0.15) is 13.2 Å². The summed E-state index contributed by atoms with van der Waals surface area (Å²) in [5.41, 5.74) is 1.91. The molecule has 0 unspecified atom stereocenters. The molecule has 4 heteroatoms. The monoisotopic (exact) mass is 238 g/mol. The van der Waals surface area contributed by atoms with Gasteiger partial charge >= 0.3 is 6.18 Å². The molecule has 2 aromatic rings. The highest BCUT2D eigenvalue weighted by molar-refractivity contribution is 5.39. The second-order valence-corrected chi connectivity index (χ2v) is 3.90. The molecule has 17 heavy (non-hydrogen) atoms. The van der Waals surface area contributed by atoms with E-state index >= 15 is 0 Å². The van der Waals surface area contributed by atoms with E-state index in [1.807, 2.05) is 24.5 Å². The maximum atomic E-state index is 12.4. The summed E-state index contributed by atoms with van der Waals surface area (Å²) in [6.07, 6.45) is -4.29. The quantitative estimate of drug-likeness (QED) is 0.709. The minimum atomic E-state index is -4.29. The molecule has 1 heterocycles. The summed E-state index contributed by atoms with van der Waals surface area (Å²) < 4.78 is 39.1. The van der Waals surface area contributed by atoms with E-state index in [0.717, 1.165) is 23.5 Å². The standard InChI is InChI=1S/C13H11F3N/c1-9-3-4-10(2)17(9)12-7-5-11(6-8-12)13(14,15)16/h3,5-8H,1-2H3. The molecule has 0 saturated carbocycles. The van der Waals surface area contributed by atoms with Gasteiger partial charge in [-0.3, -0.25) is 0 Å². The van der Waals surface area contributed by atoms with E-state index in [4.69, 9.17) is 0 Å². The Labute approximate surface area is 97.5 Å². The molecule has 0 spiro atoms. The number of benzene rings is 1. The van der Waals surface area contributed by atoms with Crippen molar-refractivity contribution in [1.29, 1.82) is 0 Å². The molecule has 0 N–H and O–H groups in total. The highest BCUT2D eigenvalue weighted by atomic mass is 19.4. The van der Waals surface area contributed by atoms with Crippen molar-refractivity contribution < 1.29 is 13.2 Å². The van der Waals surface area contributed by atoms with Crippen LogP contribution in [0.25, 0.3) is 5.69 Å². The van der Waals surface area contributed by atoms with Crippen LogP contribution in [0.5, 0.6) is 0 Å². The van der Waals surface area contributed by atoms with Crippen molar-refractivity contribution in [1.82, 2.24) is 4.57 Å². The van der Waals surface area contributed by atoms with Gasteiger partial charge in [0.25, 0.3) is 0 Å². The summed E-state index contributed by atoms with van der Waals surface area (Å²) in [6, 6.07) is 9.95. The molecule has 0 aliphatic rings. The van der Waals surface area contributed by atoms with Crippen LogP contribution in [0.1, 0.15) is 17.0 Å².